The topological polar surface area (TPSA) is 69.4 Å². The van der Waals surface area contributed by atoms with Crippen LogP contribution in [-0.2, 0) is 21.4 Å². The number of hydrogen-bond donors (Lipinski definition) is 1. The number of ether oxygens (including phenoxy) is 1. The van der Waals surface area contributed by atoms with Gasteiger partial charge in [-0.1, -0.05) is 15.9 Å². The number of hydrogen-bond acceptors (Lipinski definition) is 3. The Hall–Kier alpha value is -0.430. The first-order valence-electron chi connectivity index (χ1n) is 3.75. The van der Waals surface area contributed by atoms with Crippen LogP contribution >= 0.6 is 15.9 Å². The Morgan fingerprint density at radius 1 is 1.50 bits per heavy atom. The number of halogens is 1. The minimum absolute atomic E-state index is 0.0996. The summed E-state index contributed by atoms with van der Waals surface area (Å²) in [6.45, 7) is 0.213. The van der Waals surface area contributed by atoms with Crippen molar-refractivity contribution in [2.45, 2.75) is 11.5 Å². The normalized spacial score (nSPS) is 11.6. The van der Waals surface area contributed by atoms with Gasteiger partial charge in [-0.25, -0.2) is 13.6 Å². The summed E-state index contributed by atoms with van der Waals surface area (Å²) in [5.74, 6) is 0. The molecule has 6 heteroatoms. The average Bonchev–Trinajstić information content (AvgIpc) is 2.02. The van der Waals surface area contributed by atoms with Crippen LogP contribution in [0.4, 0.5) is 0 Å². The van der Waals surface area contributed by atoms with E-state index < -0.39 is 10.0 Å². The van der Waals surface area contributed by atoms with Crippen molar-refractivity contribution in [2.24, 2.45) is 5.14 Å². The van der Waals surface area contributed by atoms with Gasteiger partial charge in [-0.2, -0.15) is 0 Å². The summed E-state index contributed by atoms with van der Waals surface area (Å²) in [7, 11) is -2.18. The largest absolute Gasteiger partial charge is 0.380 e. The van der Waals surface area contributed by atoms with E-state index in [0.29, 0.717) is 5.56 Å². The van der Waals surface area contributed by atoms with Gasteiger partial charge in [-0.15, -0.1) is 0 Å². The van der Waals surface area contributed by atoms with E-state index in [0.717, 1.165) is 4.47 Å². The van der Waals surface area contributed by atoms with Gasteiger partial charge in [0.2, 0.25) is 10.0 Å². The molecule has 0 saturated heterocycles. The number of benzene rings is 1. The molecule has 78 valence electrons. The second-order valence-corrected chi connectivity index (χ2v) is 5.18. The Bertz CT molecular complexity index is 430. The number of primary sulfonamides is 1. The molecule has 1 aromatic rings. The first kappa shape index (κ1) is 11.6. The molecule has 0 amide bonds. The Kier molecular flexibility index (Phi) is 3.65. The minimum Gasteiger partial charge on any atom is -0.380 e. The summed E-state index contributed by atoms with van der Waals surface area (Å²) in [5, 5.41) is 5.04. The van der Waals surface area contributed by atoms with Crippen molar-refractivity contribution in [3.63, 3.8) is 0 Å². The monoisotopic (exact) mass is 279 g/mol. The van der Waals surface area contributed by atoms with Gasteiger partial charge < -0.3 is 4.74 Å². The van der Waals surface area contributed by atoms with Crippen LogP contribution < -0.4 is 5.14 Å². The molecule has 2 N–H and O–H groups in total. The van der Waals surface area contributed by atoms with E-state index in [9.17, 15) is 8.42 Å². The molecule has 0 unspecified atom stereocenters. The van der Waals surface area contributed by atoms with Gasteiger partial charge in [-0.3, -0.25) is 0 Å². The fraction of sp³-hybridized carbons (Fsp3) is 0.250. The molecule has 0 bridgehead atoms. The summed E-state index contributed by atoms with van der Waals surface area (Å²) in [4.78, 5) is 0.0996. The predicted octanol–water partition coefficient (Wildman–Crippen LogP) is 1.24. The highest BCUT2D eigenvalue weighted by Gasteiger charge is 2.13. The standard InChI is InChI=1S/C8H10BrNO3S/c1-13-5-6-4-7(9)2-3-8(6)14(10,11)12/h2-4H,5H2,1H3,(H2,10,11,12). The summed E-state index contributed by atoms with van der Waals surface area (Å²) in [6, 6.07) is 4.75. The first-order chi connectivity index (χ1) is 6.45. The molecule has 0 radical (unpaired) electrons. The van der Waals surface area contributed by atoms with Crippen LogP contribution in [0.25, 0.3) is 0 Å². The lowest BCUT2D eigenvalue weighted by atomic mass is 10.2. The van der Waals surface area contributed by atoms with Crippen molar-refractivity contribution in [2.75, 3.05) is 7.11 Å². The quantitative estimate of drug-likeness (QED) is 0.905. The van der Waals surface area contributed by atoms with Crippen LogP contribution in [0.2, 0.25) is 0 Å². The van der Waals surface area contributed by atoms with Crippen molar-refractivity contribution in [3.05, 3.63) is 28.2 Å². The van der Waals surface area contributed by atoms with Gasteiger partial charge in [0.25, 0.3) is 0 Å². The molecular formula is C8H10BrNO3S. The Morgan fingerprint density at radius 2 is 2.14 bits per heavy atom. The molecule has 0 aromatic heterocycles. The van der Waals surface area contributed by atoms with E-state index in [4.69, 9.17) is 9.88 Å². The van der Waals surface area contributed by atoms with Crippen molar-refractivity contribution in [1.82, 2.24) is 0 Å². The van der Waals surface area contributed by atoms with Gasteiger partial charge in [0.1, 0.15) is 0 Å². The SMILES string of the molecule is COCc1cc(Br)ccc1S(N)(=O)=O. The molecule has 0 fully saturated rings. The number of nitrogens with two attached hydrogens (primary N) is 1. The van der Waals surface area contributed by atoms with Gasteiger partial charge in [0.05, 0.1) is 11.5 Å². The van der Waals surface area contributed by atoms with Crippen LogP contribution in [0.15, 0.2) is 27.6 Å². The first-order valence-corrected chi connectivity index (χ1v) is 6.09. The maximum atomic E-state index is 11.1. The maximum absolute atomic E-state index is 11.1. The molecule has 0 saturated carbocycles. The minimum atomic E-state index is -3.67. The molecule has 14 heavy (non-hydrogen) atoms. The second-order valence-electron chi connectivity index (χ2n) is 2.73. The molecule has 0 aliphatic carbocycles. The zero-order chi connectivity index (χ0) is 10.8. The molecule has 0 aliphatic rings. The molecule has 4 nitrogen and oxygen atoms in total. The van der Waals surface area contributed by atoms with Crippen molar-refractivity contribution < 1.29 is 13.2 Å². The highest BCUT2D eigenvalue weighted by molar-refractivity contribution is 9.10. The highest BCUT2D eigenvalue weighted by Crippen LogP contribution is 2.20. The predicted molar refractivity (Wildman–Crippen MR) is 56.2 cm³/mol. The molecular weight excluding hydrogens is 270 g/mol. The van der Waals surface area contributed by atoms with Crippen LogP contribution in [0.5, 0.6) is 0 Å². The van der Waals surface area contributed by atoms with E-state index in [1.165, 1.54) is 13.2 Å². The fourth-order valence-electron chi connectivity index (χ4n) is 1.09. The Balaban J connectivity index is 3.29. The van der Waals surface area contributed by atoms with E-state index >= 15 is 0 Å². The van der Waals surface area contributed by atoms with E-state index in [1.54, 1.807) is 12.1 Å². The third kappa shape index (κ3) is 2.78. The number of rotatable bonds is 3. The molecule has 0 heterocycles. The van der Waals surface area contributed by atoms with Crippen LogP contribution in [0, 0.1) is 0 Å². The summed E-state index contributed by atoms with van der Waals surface area (Å²) in [6.07, 6.45) is 0. The van der Waals surface area contributed by atoms with Gasteiger partial charge in [-0.05, 0) is 23.8 Å². The number of methoxy groups -OCH3 is 1. The van der Waals surface area contributed by atoms with Crippen molar-refractivity contribution >= 4 is 26.0 Å². The van der Waals surface area contributed by atoms with E-state index in [2.05, 4.69) is 15.9 Å². The Labute approximate surface area is 91.2 Å². The third-order valence-electron chi connectivity index (χ3n) is 1.63. The van der Waals surface area contributed by atoms with Crippen LogP contribution in [0.3, 0.4) is 0 Å². The van der Waals surface area contributed by atoms with Crippen LogP contribution in [-0.4, -0.2) is 15.5 Å². The zero-order valence-corrected chi connectivity index (χ0v) is 9.93. The zero-order valence-electron chi connectivity index (χ0n) is 7.53. The molecule has 0 spiro atoms. The average molecular weight is 280 g/mol. The van der Waals surface area contributed by atoms with Gasteiger partial charge in [0, 0.05) is 11.6 Å². The van der Waals surface area contributed by atoms with Gasteiger partial charge >= 0.3 is 0 Å². The molecule has 1 rings (SSSR count). The molecule has 0 atom stereocenters. The van der Waals surface area contributed by atoms with Crippen LogP contribution in [0.1, 0.15) is 5.56 Å². The Morgan fingerprint density at radius 3 is 2.64 bits per heavy atom. The third-order valence-corrected chi connectivity index (χ3v) is 3.13. The lowest BCUT2D eigenvalue weighted by Crippen LogP contribution is -2.14. The summed E-state index contributed by atoms with van der Waals surface area (Å²) >= 11 is 3.24. The molecule has 0 aliphatic heterocycles. The lowest BCUT2D eigenvalue weighted by molar-refractivity contribution is 0.182. The summed E-state index contributed by atoms with van der Waals surface area (Å²) < 4.78 is 28.0. The summed E-state index contributed by atoms with van der Waals surface area (Å²) in [5.41, 5.74) is 0.546. The maximum Gasteiger partial charge on any atom is 0.238 e. The fourth-order valence-corrected chi connectivity index (χ4v) is 2.24. The highest BCUT2D eigenvalue weighted by atomic mass is 79.9. The second kappa shape index (κ2) is 4.39. The lowest BCUT2D eigenvalue weighted by Gasteiger charge is -2.06. The van der Waals surface area contributed by atoms with E-state index in [1.807, 2.05) is 0 Å². The van der Waals surface area contributed by atoms with E-state index in [-0.39, 0.29) is 11.5 Å². The van der Waals surface area contributed by atoms with Crippen molar-refractivity contribution in [3.8, 4) is 0 Å². The molecule has 1 aromatic carbocycles. The van der Waals surface area contributed by atoms with Crippen molar-refractivity contribution in [1.29, 1.82) is 0 Å². The smallest absolute Gasteiger partial charge is 0.238 e. The van der Waals surface area contributed by atoms with Gasteiger partial charge in [0.15, 0.2) is 0 Å². The number of sulfonamides is 1.